The molecule has 0 aromatic heterocycles. The minimum atomic E-state index is -0.812. The summed E-state index contributed by atoms with van der Waals surface area (Å²) in [6.07, 6.45) is 0. The maximum Gasteiger partial charge on any atom is 0.346 e. The molecule has 7 heteroatoms. The number of cyclic esters (lactones) is 4. The highest BCUT2D eigenvalue weighted by molar-refractivity contribution is 6.19. The van der Waals surface area contributed by atoms with E-state index in [0.717, 1.165) is 0 Å². The van der Waals surface area contributed by atoms with Gasteiger partial charge in [0, 0.05) is 11.1 Å². The first-order chi connectivity index (χ1) is 12.5. The molecule has 0 N–H and O–H groups in total. The number of hydrogen-bond acceptors (Lipinski definition) is 7. The molecule has 0 unspecified atom stereocenters. The van der Waals surface area contributed by atoms with Crippen LogP contribution >= 0.6 is 0 Å². The molecule has 130 valence electrons. The second kappa shape index (κ2) is 6.36. The highest BCUT2D eigenvalue weighted by atomic mass is 16.6. The molecule has 0 spiro atoms. The average molecular weight is 352 g/mol. The summed E-state index contributed by atoms with van der Waals surface area (Å²) in [7, 11) is 0. The zero-order valence-electron chi connectivity index (χ0n) is 13.8. The largest absolute Gasteiger partial charge is 0.386 e. The van der Waals surface area contributed by atoms with Gasteiger partial charge in [0.05, 0.1) is 22.3 Å². The van der Waals surface area contributed by atoms with E-state index in [9.17, 15) is 24.0 Å². The van der Waals surface area contributed by atoms with Crippen molar-refractivity contribution in [2.75, 3.05) is 0 Å². The van der Waals surface area contributed by atoms with Crippen LogP contribution in [0.3, 0.4) is 0 Å². The standard InChI is InChI=1S/C17H6O7.C2H6/c18-13(7-1-3-9-11(5-7)16(21)23-14(9)19)8-2-4-10-12(6-8)17(22)24-15(10)20;1-2/h1-6H;1-2H3. The third-order valence-electron chi connectivity index (χ3n) is 3.81. The van der Waals surface area contributed by atoms with E-state index in [0.29, 0.717) is 0 Å². The molecule has 2 aromatic rings. The van der Waals surface area contributed by atoms with E-state index >= 15 is 0 Å². The van der Waals surface area contributed by atoms with E-state index < -0.39 is 29.7 Å². The molecular formula is C19H12O7. The second-order valence-corrected chi connectivity index (χ2v) is 5.20. The zero-order chi connectivity index (χ0) is 19.0. The number of fused-ring (bicyclic) bond motifs is 2. The van der Waals surface area contributed by atoms with Gasteiger partial charge in [0.1, 0.15) is 0 Å². The molecule has 0 bridgehead atoms. The Morgan fingerprint density at radius 2 is 0.962 bits per heavy atom. The smallest absolute Gasteiger partial charge is 0.346 e. The van der Waals surface area contributed by atoms with Crippen molar-refractivity contribution in [3.63, 3.8) is 0 Å². The molecule has 2 aliphatic heterocycles. The summed E-state index contributed by atoms with van der Waals surface area (Å²) in [4.78, 5) is 58.5. The molecule has 0 aliphatic carbocycles. The lowest BCUT2D eigenvalue weighted by Crippen LogP contribution is -2.05. The van der Waals surface area contributed by atoms with Crippen LogP contribution in [-0.4, -0.2) is 29.7 Å². The van der Waals surface area contributed by atoms with Gasteiger partial charge in [-0.25, -0.2) is 19.2 Å². The molecule has 2 heterocycles. The van der Waals surface area contributed by atoms with Crippen molar-refractivity contribution < 1.29 is 33.4 Å². The Balaban J connectivity index is 0.000000948. The third-order valence-corrected chi connectivity index (χ3v) is 3.81. The summed E-state index contributed by atoms with van der Waals surface area (Å²) in [5.74, 6) is -3.61. The van der Waals surface area contributed by atoms with Crippen molar-refractivity contribution in [2.24, 2.45) is 0 Å². The average Bonchev–Trinajstić information content (AvgIpc) is 3.11. The van der Waals surface area contributed by atoms with Gasteiger partial charge in [0.25, 0.3) is 0 Å². The third kappa shape index (κ3) is 2.59. The maximum absolute atomic E-state index is 12.5. The molecule has 0 radical (unpaired) electrons. The SMILES string of the molecule is CC.O=C(c1ccc2c(c1)C(=O)OC2=O)c1ccc2c(c1)C(=O)OC2=O. The highest BCUT2D eigenvalue weighted by Crippen LogP contribution is 2.25. The predicted octanol–water partition coefficient (Wildman–Crippen LogP) is 2.57. The Morgan fingerprint density at radius 3 is 1.35 bits per heavy atom. The van der Waals surface area contributed by atoms with Gasteiger partial charge in [-0.05, 0) is 24.3 Å². The molecule has 7 nitrogen and oxygen atoms in total. The number of carbonyl (C=O) groups is 5. The molecule has 2 aliphatic rings. The van der Waals surface area contributed by atoms with Crippen LogP contribution in [0.2, 0.25) is 0 Å². The minimum absolute atomic E-state index is 0.0154. The Hall–Kier alpha value is -3.61. The van der Waals surface area contributed by atoms with E-state index in [1.807, 2.05) is 13.8 Å². The first-order valence-corrected chi connectivity index (χ1v) is 7.81. The van der Waals surface area contributed by atoms with Crippen LogP contribution in [0.1, 0.15) is 71.2 Å². The van der Waals surface area contributed by atoms with Gasteiger partial charge in [-0.15, -0.1) is 0 Å². The van der Waals surface area contributed by atoms with Gasteiger partial charge < -0.3 is 9.47 Å². The number of ketones is 1. The second-order valence-electron chi connectivity index (χ2n) is 5.20. The van der Waals surface area contributed by atoms with Crippen LogP contribution in [0.5, 0.6) is 0 Å². The number of hydrogen-bond donors (Lipinski definition) is 0. The van der Waals surface area contributed by atoms with Gasteiger partial charge >= 0.3 is 23.9 Å². The normalized spacial score (nSPS) is 14.1. The van der Waals surface area contributed by atoms with Crippen molar-refractivity contribution in [3.05, 3.63) is 69.8 Å². The van der Waals surface area contributed by atoms with Crippen LogP contribution in [0.4, 0.5) is 0 Å². The van der Waals surface area contributed by atoms with E-state index in [-0.39, 0.29) is 33.4 Å². The fraction of sp³-hybridized carbons (Fsp3) is 0.105. The summed E-state index contributed by atoms with van der Waals surface area (Å²) in [6, 6.07) is 7.97. The van der Waals surface area contributed by atoms with Crippen molar-refractivity contribution in [1.29, 1.82) is 0 Å². The van der Waals surface area contributed by atoms with Gasteiger partial charge in [0.2, 0.25) is 0 Å². The molecule has 2 aromatic carbocycles. The molecular weight excluding hydrogens is 340 g/mol. The summed E-state index contributed by atoms with van der Waals surface area (Å²) in [6.45, 7) is 4.00. The van der Waals surface area contributed by atoms with Crippen LogP contribution in [-0.2, 0) is 9.47 Å². The number of carbonyl (C=O) groups excluding carboxylic acids is 5. The fourth-order valence-corrected chi connectivity index (χ4v) is 2.62. The van der Waals surface area contributed by atoms with Crippen molar-refractivity contribution in [1.82, 2.24) is 0 Å². The van der Waals surface area contributed by atoms with Crippen molar-refractivity contribution >= 4 is 29.7 Å². The van der Waals surface area contributed by atoms with E-state index in [1.54, 1.807) is 0 Å². The van der Waals surface area contributed by atoms with E-state index in [1.165, 1.54) is 36.4 Å². The lowest BCUT2D eigenvalue weighted by molar-refractivity contribution is 0.0425. The monoisotopic (exact) mass is 352 g/mol. The predicted molar refractivity (Wildman–Crippen MR) is 87.2 cm³/mol. The first kappa shape index (κ1) is 17.2. The lowest BCUT2D eigenvalue weighted by Gasteiger charge is -2.03. The summed E-state index contributed by atoms with van der Waals surface area (Å²) >= 11 is 0. The Labute approximate surface area is 147 Å². The Kier molecular flexibility index (Phi) is 4.21. The molecule has 26 heavy (non-hydrogen) atoms. The Bertz CT molecular complexity index is 921. The van der Waals surface area contributed by atoms with Gasteiger partial charge in [0.15, 0.2) is 5.78 Å². The van der Waals surface area contributed by atoms with E-state index in [2.05, 4.69) is 9.47 Å². The zero-order valence-corrected chi connectivity index (χ0v) is 13.8. The fourth-order valence-electron chi connectivity index (χ4n) is 2.62. The number of ether oxygens (including phenoxy) is 2. The van der Waals surface area contributed by atoms with Crippen LogP contribution < -0.4 is 0 Å². The molecule has 0 saturated carbocycles. The summed E-state index contributed by atoms with van der Waals surface area (Å²) in [5, 5.41) is 0. The van der Waals surface area contributed by atoms with Crippen molar-refractivity contribution in [2.45, 2.75) is 13.8 Å². The van der Waals surface area contributed by atoms with Gasteiger partial charge in [-0.3, -0.25) is 4.79 Å². The number of rotatable bonds is 2. The van der Waals surface area contributed by atoms with Gasteiger partial charge in [-0.1, -0.05) is 26.0 Å². The highest BCUT2D eigenvalue weighted by Gasteiger charge is 2.32. The topological polar surface area (TPSA) is 104 Å². The van der Waals surface area contributed by atoms with Crippen molar-refractivity contribution in [3.8, 4) is 0 Å². The van der Waals surface area contributed by atoms with Gasteiger partial charge in [-0.2, -0.15) is 0 Å². The molecule has 4 rings (SSSR count). The quantitative estimate of drug-likeness (QED) is 0.465. The first-order valence-electron chi connectivity index (χ1n) is 7.81. The summed E-state index contributed by atoms with van der Waals surface area (Å²) < 4.78 is 8.94. The van der Waals surface area contributed by atoms with E-state index in [4.69, 9.17) is 0 Å². The summed E-state index contributed by atoms with van der Waals surface area (Å²) in [5.41, 5.74) is 0.527. The van der Waals surface area contributed by atoms with Crippen LogP contribution in [0.15, 0.2) is 36.4 Å². The minimum Gasteiger partial charge on any atom is -0.386 e. The number of esters is 4. The van der Waals surface area contributed by atoms with Crippen LogP contribution in [0, 0.1) is 0 Å². The molecule has 0 saturated heterocycles. The van der Waals surface area contributed by atoms with Crippen LogP contribution in [0.25, 0.3) is 0 Å². The molecule has 0 atom stereocenters. The molecule has 0 amide bonds. The number of benzene rings is 2. The molecule has 0 fully saturated rings. The Morgan fingerprint density at radius 1 is 0.615 bits per heavy atom. The lowest BCUT2D eigenvalue weighted by atomic mass is 9.96. The maximum atomic E-state index is 12.5.